The SMILES string of the molecule is CC(C)NC(C#N)CCN1CCc2ccccc2CC1. The molecule has 108 valence electrons. The number of nitrogens with one attached hydrogen (secondary N) is 1. The van der Waals surface area contributed by atoms with Gasteiger partial charge in [0.25, 0.3) is 0 Å². The number of benzene rings is 1. The maximum absolute atomic E-state index is 9.17. The van der Waals surface area contributed by atoms with E-state index in [2.05, 4.69) is 54.4 Å². The van der Waals surface area contributed by atoms with E-state index in [4.69, 9.17) is 0 Å². The van der Waals surface area contributed by atoms with Crippen LogP contribution >= 0.6 is 0 Å². The highest BCUT2D eigenvalue weighted by molar-refractivity contribution is 5.28. The summed E-state index contributed by atoms with van der Waals surface area (Å²) in [5, 5.41) is 12.5. The molecule has 0 saturated heterocycles. The molecule has 0 amide bonds. The molecule has 1 heterocycles. The van der Waals surface area contributed by atoms with Crippen molar-refractivity contribution >= 4 is 0 Å². The predicted molar refractivity (Wildman–Crippen MR) is 82.6 cm³/mol. The van der Waals surface area contributed by atoms with Crippen LogP contribution in [-0.2, 0) is 12.8 Å². The highest BCUT2D eigenvalue weighted by Crippen LogP contribution is 2.15. The first-order valence-electron chi connectivity index (χ1n) is 7.64. The lowest BCUT2D eigenvalue weighted by molar-refractivity contribution is 0.273. The van der Waals surface area contributed by atoms with Gasteiger partial charge < -0.3 is 4.90 Å². The molecule has 0 aromatic heterocycles. The van der Waals surface area contributed by atoms with Gasteiger partial charge in [0.2, 0.25) is 0 Å². The number of hydrogen-bond acceptors (Lipinski definition) is 3. The largest absolute Gasteiger partial charge is 0.303 e. The monoisotopic (exact) mass is 271 g/mol. The molecule has 3 heteroatoms. The summed E-state index contributed by atoms with van der Waals surface area (Å²) < 4.78 is 0. The maximum Gasteiger partial charge on any atom is 0.0967 e. The summed E-state index contributed by atoms with van der Waals surface area (Å²) in [6.07, 6.45) is 3.17. The summed E-state index contributed by atoms with van der Waals surface area (Å²) in [6, 6.07) is 11.5. The van der Waals surface area contributed by atoms with Crippen molar-refractivity contribution in [3.63, 3.8) is 0 Å². The Morgan fingerprint density at radius 3 is 2.30 bits per heavy atom. The van der Waals surface area contributed by atoms with Gasteiger partial charge in [-0.3, -0.25) is 5.32 Å². The topological polar surface area (TPSA) is 39.1 Å². The zero-order valence-electron chi connectivity index (χ0n) is 12.6. The molecule has 0 radical (unpaired) electrons. The van der Waals surface area contributed by atoms with E-state index in [1.165, 1.54) is 11.1 Å². The Hall–Kier alpha value is -1.37. The second-order valence-electron chi connectivity index (χ2n) is 5.90. The predicted octanol–water partition coefficient (Wildman–Crippen LogP) is 2.37. The first-order chi connectivity index (χ1) is 9.69. The van der Waals surface area contributed by atoms with Crippen molar-refractivity contribution in [2.75, 3.05) is 19.6 Å². The third-order valence-corrected chi connectivity index (χ3v) is 3.94. The number of fused-ring (bicyclic) bond motifs is 1. The lowest BCUT2D eigenvalue weighted by Crippen LogP contribution is -2.37. The Morgan fingerprint density at radius 2 is 1.80 bits per heavy atom. The van der Waals surface area contributed by atoms with Crippen LogP contribution in [-0.4, -0.2) is 36.6 Å². The van der Waals surface area contributed by atoms with E-state index in [9.17, 15) is 5.26 Å². The van der Waals surface area contributed by atoms with Crippen molar-refractivity contribution in [3.8, 4) is 6.07 Å². The Bertz CT molecular complexity index is 435. The number of nitriles is 1. The van der Waals surface area contributed by atoms with Crippen LogP contribution in [0.1, 0.15) is 31.4 Å². The van der Waals surface area contributed by atoms with E-state index in [1.807, 2.05) is 0 Å². The zero-order valence-corrected chi connectivity index (χ0v) is 12.6. The Labute approximate surface area is 122 Å². The first kappa shape index (κ1) is 15.0. The zero-order chi connectivity index (χ0) is 14.4. The average molecular weight is 271 g/mol. The van der Waals surface area contributed by atoms with E-state index in [1.54, 1.807) is 0 Å². The molecular weight excluding hydrogens is 246 g/mol. The fraction of sp³-hybridized carbons (Fsp3) is 0.588. The number of rotatable bonds is 5. The molecule has 3 nitrogen and oxygen atoms in total. The van der Waals surface area contributed by atoms with Gasteiger partial charge in [0, 0.05) is 25.7 Å². The second kappa shape index (κ2) is 7.42. The average Bonchev–Trinajstić information content (AvgIpc) is 2.65. The lowest BCUT2D eigenvalue weighted by atomic mass is 10.0. The summed E-state index contributed by atoms with van der Waals surface area (Å²) in [7, 11) is 0. The van der Waals surface area contributed by atoms with Gasteiger partial charge >= 0.3 is 0 Å². The van der Waals surface area contributed by atoms with Gasteiger partial charge in [0.15, 0.2) is 0 Å². The van der Waals surface area contributed by atoms with Crippen LogP contribution < -0.4 is 5.32 Å². The van der Waals surface area contributed by atoms with Crippen LogP contribution in [0.4, 0.5) is 0 Å². The van der Waals surface area contributed by atoms with Crippen molar-refractivity contribution in [3.05, 3.63) is 35.4 Å². The molecule has 20 heavy (non-hydrogen) atoms. The highest BCUT2D eigenvalue weighted by atomic mass is 15.1. The number of hydrogen-bond donors (Lipinski definition) is 1. The van der Waals surface area contributed by atoms with Gasteiger partial charge in [-0.25, -0.2) is 0 Å². The van der Waals surface area contributed by atoms with Crippen molar-refractivity contribution in [2.45, 2.75) is 45.2 Å². The van der Waals surface area contributed by atoms with Crippen molar-refractivity contribution < 1.29 is 0 Å². The normalized spacial score (nSPS) is 17.3. The van der Waals surface area contributed by atoms with E-state index < -0.39 is 0 Å². The standard InChI is InChI=1S/C17H25N3/c1-14(2)19-17(13-18)9-12-20-10-7-15-5-3-4-6-16(15)8-11-20/h3-6,14,17,19H,7-12H2,1-2H3. The minimum absolute atomic E-state index is 0.0272. The quantitative estimate of drug-likeness (QED) is 0.893. The molecule has 0 bridgehead atoms. The van der Waals surface area contributed by atoms with Crippen LogP contribution in [0.2, 0.25) is 0 Å². The molecule has 1 aromatic rings. The van der Waals surface area contributed by atoms with Crippen molar-refractivity contribution in [1.82, 2.24) is 10.2 Å². The third kappa shape index (κ3) is 4.33. The van der Waals surface area contributed by atoms with Crippen LogP contribution in [0, 0.1) is 11.3 Å². The molecule has 1 aliphatic rings. The summed E-state index contributed by atoms with van der Waals surface area (Å²) in [5.74, 6) is 0. The molecule has 1 N–H and O–H groups in total. The molecule has 2 rings (SSSR count). The van der Waals surface area contributed by atoms with E-state index in [-0.39, 0.29) is 6.04 Å². The second-order valence-corrected chi connectivity index (χ2v) is 5.90. The molecular formula is C17H25N3. The molecule has 1 aromatic carbocycles. The van der Waals surface area contributed by atoms with E-state index in [0.717, 1.165) is 38.9 Å². The minimum atomic E-state index is -0.0272. The maximum atomic E-state index is 9.17. The summed E-state index contributed by atoms with van der Waals surface area (Å²) in [5.41, 5.74) is 2.99. The molecule has 0 saturated carbocycles. The van der Waals surface area contributed by atoms with Crippen LogP contribution in [0.5, 0.6) is 0 Å². The number of nitrogens with zero attached hydrogens (tertiary/aromatic N) is 2. The van der Waals surface area contributed by atoms with Crippen molar-refractivity contribution in [2.24, 2.45) is 0 Å². The Kier molecular flexibility index (Phi) is 5.58. The van der Waals surface area contributed by atoms with Gasteiger partial charge in [-0.15, -0.1) is 0 Å². The van der Waals surface area contributed by atoms with Gasteiger partial charge in [0.1, 0.15) is 0 Å². The molecule has 0 spiro atoms. The van der Waals surface area contributed by atoms with Crippen molar-refractivity contribution in [1.29, 1.82) is 5.26 Å². The highest BCUT2D eigenvalue weighted by Gasteiger charge is 2.15. The molecule has 0 aliphatic carbocycles. The summed E-state index contributed by atoms with van der Waals surface area (Å²) in [4.78, 5) is 2.49. The van der Waals surface area contributed by atoms with Crippen LogP contribution in [0.25, 0.3) is 0 Å². The summed E-state index contributed by atoms with van der Waals surface area (Å²) in [6.45, 7) is 7.40. The molecule has 0 fully saturated rings. The summed E-state index contributed by atoms with van der Waals surface area (Å²) >= 11 is 0. The Morgan fingerprint density at radius 1 is 1.20 bits per heavy atom. The minimum Gasteiger partial charge on any atom is -0.303 e. The van der Waals surface area contributed by atoms with Crippen LogP contribution in [0.15, 0.2) is 24.3 Å². The molecule has 1 unspecified atom stereocenters. The van der Waals surface area contributed by atoms with Crippen LogP contribution in [0.3, 0.4) is 0 Å². The van der Waals surface area contributed by atoms with Gasteiger partial charge in [-0.1, -0.05) is 24.3 Å². The third-order valence-electron chi connectivity index (χ3n) is 3.94. The lowest BCUT2D eigenvalue weighted by Gasteiger charge is -2.22. The smallest absolute Gasteiger partial charge is 0.0967 e. The van der Waals surface area contributed by atoms with Gasteiger partial charge in [-0.05, 0) is 44.2 Å². The van der Waals surface area contributed by atoms with Gasteiger partial charge in [-0.2, -0.15) is 5.26 Å². The Balaban J connectivity index is 1.83. The van der Waals surface area contributed by atoms with Gasteiger partial charge in [0.05, 0.1) is 12.1 Å². The first-order valence-corrected chi connectivity index (χ1v) is 7.64. The fourth-order valence-corrected chi connectivity index (χ4v) is 2.84. The molecule has 1 aliphatic heterocycles. The van der Waals surface area contributed by atoms with E-state index >= 15 is 0 Å². The molecule has 1 atom stereocenters. The van der Waals surface area contributed by atoms with E-state index in [0.29, 0.717) is 6.04 Å². The fourth-order valence-electron chi connectivity index (χ4n) is 2.84.